The molecular weight excluding hydrogens is 235 g/mol. The summed E-state index contributed by atoms with van der Waals surface area (Å²) in [6, 6.07) is 18.1. The van der Waals surface area contributed by atoms with Gasteiger partial charge in [0.05, 0.1) is 0 Å². The summed E-state index contributed by atoms with van der Waals surface area (Å²) in [6.07, 6.45) is 0. The second-order valence-electron chi connectivity index (χ2n) is 4.77. The highest BCUT2D eigenvalue weighted by Gasteiger charge is 2.20. The van der Waals surface area contributed by atoms with E-state index in [1.165, 1.54) is 0 Å². The van der Waals surface area contributed by atoms with Gasteiger partial charge in [-0.1, -0.05) is 41.9 Å². The second-order valence-corrected chi connectivity index (χ2v) is 4.77. The predicted molar refractivity (Wildman–Crippen MR) is 78.7 cm³/mol. The van der Waals surface area contributed by atoms with Crippen LogP contribution in [0.1, 0.15) is 0 Å². The van der Waals surface area contributed by atoms with E-state index in [1.54, 1.807) is 0 Å². The highest BCUT2D eigenvalue weighted by molar-refractivity contribution is 6.32. The maximum atomic E-state index is 6.02. The molecule has 0 aromatic heterocycles. The van der Waals surface area contributed by atoms with Crippen LogP contribution >= 0.6 is 0 Å². The Morgan fingerprint density at radius 2 is 1.58 bits per heavy atom. The fourth-order valence-corrected chi connectivity index (χ4v) is 2.42. The monoisotopic (exact) mass is 246 g/mol. The van der Waals surface area contributed by atoms with Crippen LogP contribution in [0, 0.1) is 0 Å². The number of hydrogen-bond acceptors (Lipinski definition) is 2. The van der Waals surface area contributed by atoms with E-state index in [4.69, 9.17) is 9.47 Å². The number of benzene rings is 3. The molecule has 0 atom stereocenters. The Kier molecular flexibility index (Phi) is 2.09. The van der Waals surface area contributed by atoms with Crippen LogP contribution in [0.15, 0.2) is 54.6 Å². The highest BCUT2D eigenvalue weighted by Crippen LogP contribution is 2.47. The smallest absolute Gasteiger partial charge is 0.177 e. The van der Waals surface area contributed by atoms with Crippen LogP contribution in [-0.2, 0) is 0 Å². The summed E-state index contributed by atoms with van der Waals surface area (Å²) in [5.41, 5.74) is 1.16. The van der Waals surface area contributed by atoms with Crippen LogP contribution in [0.4, 0.5) is 0 Å². The van der Waals surface area contributed by atoms with Gasteiger partial charge in [-0.15, -0.1) is 0 Å². The molecule has 4 rings (SSSR count). The normalized spacial score (nSPS) is 12.2. The minimum absolute atomic E-state index is 0.773. The van der Waals surface area contributed by atoms with Crippen LogP contribution in [0.5, 0.6) is 23.0 Å². The Labute approximate surface area is 112 Å². The minimum Gasteiger partial charge on any atom is -0.450 e. The molecule has 0 fully saturated rings. The molecule has 0 bridgehead atoms. The van der Waals surface area contributed by atoms with E-state index in [-0.39, 0.29) is 0 Å². The van der Waals surface area contributed by atoms with Gasteiger partial charge >= 0.3 is 0 Å². The summed E-state index contributed by atoms with van der Waals surface area (Å²) in [7, 11) is 2.04. The van der Waals surface area contributed by atoms with E-state index < -0.39 is 0 Å². The first-order valence-corrected chi connectivity index (χ1v) is 6.29. The first kappa shape index (κ1) is 10.5. The average molecular weight is 246 g/mol. The SMILES string of the molecule is Bc1ccc2c(c1)Oc1ccc3ccccc3c1O2. The first-order valence-electron chi connectivity index (χ1n) is 6.29. The zero-order chi connectivity index (χ0) is 12.8. The maximum absolute atomic E-state index is 6.02. The molecule has 0 amide bonds. The molecule has 0 radical (unpaired) electrons. The molecule has 0 unspecified atom stereocenters. The van der Waals surface area contributed by atoms with E-state index in [0.717, 1.165) is 39.2 Å². The molecule has 1 heterocycles. The van der Waals surface area contributed by atoms with Gasteiger partial charge in [0, 0.05) is 5.39 Å². The molecule has 90 valence electrons. The molecule has 3 aromatic rings. The molecule has 0 aliphatic carbocycles. The predicted octanol–water partition coefficient (Wildman–Crippen LogP) is 3.00. The van der Waals surface area contributed by atoms with E-state index >= 15 is 0 Å². The van der Waals surface area contributed by atoms with Gasteiger partial charge in [0.1, 0.15) is 7.85 Å². The van der Waals surface area contributed by atoms with Crippen molar-refractivity contribution in [3.05, 3.63) is 54.6 Å². The van der Waals surface area contributed by atoms with E-state index in [2.05, 4.69) is 18.2 Å². The van der Waals surface area contributed by atoms with Crippen LogP contribution < -0.4 is 14.9 Å². The molecule has 1 aliphatic heterocycles. The van der Waals surface area contributed by atoms with Gasteiger partial charge in [0.25, 0.3) is 0 Å². The van der Waals surface area contributed by atoms with Crippen molar-refractivity contribution in [1.82, 2.24) is 0 Å². The van der Waals surface area contributed by atoms with Crippen molar-refractivity contribution in [3.8, 4) is 23.0 Å². The largest absolute Gasteiger partial charge is 0.450 e. The van der Waals surface area contributed by atoms with Crippen LogP contribution in [0.25, 0.3) is 10.8 Å². The first-order chi connectivity index (χ1) is 9.31. The Morgan fingerprint density at radius 1 is 0.737 bits per heavy atom. The molecule has 19 heavy (non-hydrogen) atoms. The van der Waals surface area contributed by atoms with Crippen molar-refractivity contribution in [1.29, 1.82) is 0 Å². The molecule has 0 saturated carbocycles. The lowest BCUT2D eigenvalue weighted by atomic mass is 9.96. The van der Waals surface area contributed by atoms with Crippen molar-refractivity contribution in [3.63, 3.8) is 0 Å². The topological polar surface area (TPSA) is 18.5 Å². The lowest BCUT2D eigenvalue weighted by Gasteiger charge is -2.22. The lowest BCUT2D eigenvalue weighted by molar-refractivity contribution is 0.363. The Hall–Kier alpha value is -2.42. The molecule has 3 heteroatoms. The molecular formula is C16H11BO2. The molecule has 0 saturated heterocycles. The summed E-state index contributed by atoms with van der Waals surface area (Å²) in [5.74, 6) is 3.13. The summed E-state index contributed by atoms with van der Waals surface area (Å²) in [6.45, 7) is 0. The summed E-state index contributed by atoms with van der Waals surface area (Å²) >= 11 is 0. The van der Waals surface area contributed by atoms with E-state index in [1.807, 2.05) is 44.2 Å². The molecule has 1 aliphatic rings. The van der Waals surface area contributed by atoms with Crippen molar-refractivity contribution >= 4 is 24.1 Å². The van der Waals surface area contributed by atoms with Crippen LogP contribution in [-0.4, -0.2) is 7.85 Å². The third kappa shape index (κ3) is 1.59. The van der Waals surface area contributed by atoms with Gasteiger partial charge < -0.3 is 9.47 Å². The van der Waals surface area contributed by atoms with Gasteiger partial charge in [-0.25, -0.2) is 0 Å². The van der Waals surface area contributed by atoms with Crippen LogP contribution in [0.2, 0.25) is 0 Å². The third-order valence-corrected chi connectivity index (χ3v) is 3.37. The van der Waals surface area contributed by atoms with Gasteiger partial charge in [0.2, 0.25) is 0 Å². The maximum Gasteiger partial charge on any atom is 0.177 e. The molecule has 0 N–H and O–H groups in total. The Bertz CT molecular complexity index is 796. The minimum atomic E-state index is 0.773. The zero-order valence-electron chi connectivity index (χ0n) is 10.5. The summed E-state index contributed by atoms with van der Waals surface area (Å²) < 4.78 is 12.0. The standard InChI is InChI=1S/C16H11BO2/c17-11-6-8-13-15(9-11)18-14-7-5-10-3-1-2-4-12(10)16(14)19-13/h1-9H,17H2. The average Bonchev–Trinajstić information content (AvgIpc) is 2.45. The number of hydrogen-bond donors (Lipinski definition) is 0. The highest BCUT2D eigenvalue weighted by atomic mass is 16.6. The van der Waals surface area contributed by atoms with Crippen molar-refractivity contribution in [2.45, 2.75) is 0 Å². The Morgan fingerprint density at radius 3 is 2.53 bits per heavy atom. The van der Waals surface area contributed by atoms with Crippen molar-refractivity contribution in [2.75, 3.05) is 0 Å². The fraction of sp³-hybridized carbons (Fsp3) is 0. The fourth-order valence-electron chi connectivity index (χ4n) is 2.42. The van der Waals surface area contributed by atoms with E-state index in [9.17, 15) is 0 Å². The number of rotatable bonds is 0. The second kappa shape index (κ2) is 3.79. The molecule has 3 aromatic carbocycles. The molecule has 0 spiro atoms. The summed E-state index contributed by atoms with van der Waals surface area (Å²) in [4.78, 5) is 0. The lowest BCUT2D eigenvalue weighted by Crippen LogP contribution is -2.06. The van der Waals surface area contributed by atoms with E-state index in [0.29, 0.717) is 0 Å². The van der Waals surface area contributed by atoms with Gasteiger partial charge in [-0.2, -0.15) is 0 Å². The van der Waals surface area contributed by atoms with Gasteiger partial charge in [-0.05, 0) is 23.6 Å². The van der Waals surface area contributed by atoms with Crippen LogP contribution in [0.3, 0.4) is 0 Å². The summed E-state index contributed by atoms with van der Waals surface area (Å²) in [5, 5.41) is 2.23. The number of fused-ring (bicyclic) bond motifs is 4. The molecule has 2 nitrogen and oxygen atoms in total. The zero-order valence-corrected chi connectivity index (χ0v) is 10.5. The van der Waals surface area contributed by atoms with Crippen molar-refractivity contribution < 1.29 is 9.47 Å². The Balaban J connectivity index is 1.94. The van der Waals surface area contributed by atoms with Gasteiger partial charge in [-0.3, -0.25) is 0 Å². The van der Waals surface area contributed by atoms with Gasteiger partial charge in [0.15, 0.2) is 23.0 Å². The third-order valence-electron chi connectivity index (χ3n) is 3.37. The van der Waals surface area contributed by atoms with Crippen molar-refractivity contribution in [2.24, 2.45) is 0 Å². The quantitative estimate of drug-likeness (QED) is 0.444. The number of ether oxygens (including phenoxy) is 2.